The van der Waals surface area contributed by atoms with Gasteiger partial charge in [0.05, 0.1) is 11.0 Å². The van der Waals surface area contributed by atoms with Gasteiger partial charge in [0.2, 0.25) is 0 Å². The number of thiophene rings is 4. The van der Waals surface area contributed by atoms with Crippen LogP contribution in [-0.2, 0) is 12.8 Å². The molecule has 5 heterocycles. The zero-order chi connectivity index (χ0) is 30.5. The summed E-state index contributed by atoms with van der Waals surface area (Å²) in [5.74, 6) is 0. The molecule has 2 nitrogen and oxygen atoms in total. The third-order valence-corrected chi connectivity index (χ3v) is 13.1. The Labute approximate surface area is 278 Å². The predicted octanol–water partition coefficient (Wildman–Crippen LogP) is 13.4. The van der Waals surface area contributed by atoms with E-state index in [4.69, 9.17) is 9.97 Å². The average Bonchev–Trinajstić information content (AvgIpc) is 3.84. The van der Waals surface area contributed by atoms with Gasteiger partial charge >= 0.3 is 0 Å². The summed E-state index contributed by atoms with van der Waals surface area (Å²) in [6.07, 6.45) is 16.4. The number of hydrogen-bond acceptors (Lipinski definition) is 6. The molecule has 5 aromatic heterocycles. The summed E-state index contributed by atoms with van der Waals surface area (Å²) in [7, 11) is 0. The van der Waals surface area contributed by atoms with Crippen molar-refractivity contribution < 1.29 is 0 Å². The number of aryl methyl sites for hydroxylation is 4. The quantitative estimate of drug-likeness (QED) is 0.109. The van der Waals surface area contributed by atoms with Gasteiger partial charge in [-0.15, -0.1) is 45.3 Å². The number of hydrogen-bond donors (Lipinski definition) is 0. The van der Waals surface area contributed by atoms with E-state index in [1.54, 1.807) is 0 Å². The third-order valence-electron chi connectivity index (χ3n) is 8.28. The minimum absolute atomic E-state index is 0.985. The molecule has 0 amide bonds. The molecule has 0 fully saturated rings. The van der Waals surface area contributed by atoms with Gasteiger partial charge in [-0.05, 0) is 87.1 Å². The van der Waals surface area contributed by atoms with E-state index in [1.165, 1.54) is 125 Å². The second-order valence-electron chi connectivity index (χ2n) is 11.8. The Balaban J connectivity index is 1.29. The lowest BCUT2D eigenvalue weighted by Crippen LogP contribution is -1.88. The number of unbranched alkanes of at least 4 members (excludes halogenated alkanes) is 6. The SMILES string of the molecule is CCCCCCc1cc(C)sc1-c1ccc(-c2ccc(-c3ccc(-c4sc(C)cc4CCCCCC)s3)c3nccnc23)s1. The van der Waals surface area contributed by atoms with E-state index in [0.717, 1.165) is 11.0 Å². The maximum Gasteiger partial charge on any atom is 0.0979 e. The van der Waals surface area contributed by atoms with Gasteiger partial charge < -0.3 is 0 Å². The summed E-state index contributed by atoms with van der Waals surface area (Å²) in [6, 6.07) is 18.5. The third kappa shape index (κ3) is 6.94. The molecule has 0 aliphatic carbocycles. The van der Waals surface area contributed by atoms with E-state index in [9.17, 15) is 0 Å². The van der Waals surface area contributed by atoms with E-state index >= 15 is 0 Å². The first-order valence-electron chi connectivity index (χ1n) is 16.2. The molecular weight excluding hydrogens is 613 g/mol. The zero-order valence-electron chi connectivity index (χ0n) is 26.4. The molecule has 6 rings (SSSR count). The van der Waals surface area contributed by atoms with Crippen LogP contribution in [0.2, 0.25) is 0 Å². The van der Waals surface area contributed by atoms with Crippen molar-refractivity contribution in [1.29, 1.82) is 0 Å². The molecule has 0 radical (unpaired) electrons. The Morgan fingerprint density at radius 2 is 0.932 bits per heavy atom. The van der Waals surface area contributed by atoms with Crippen molar-refractivity contribution in [3.05, 3.63) is 81.8 Å². The molecule has 0 spiro atoms. The molecule has 0 atom stereocenters. The minimum Gasteiger partial charge on any atom is -0.252 e. The van der Waals surface area contributed by atoms with Gasteiger partial charge in [0.1, 0.15) is 0 Å². The zero-order valence-corrected chi connectivity index (χ0v) is 29.6. The van der Waals surface area contributed by atoms with Gasteiger partial charge in [-0.3, -0.25) is 9.97 Å². The lowest BCUT2D eigenvalue weighted by molar-refractivity contribution is 0.668. The van der Waals surface area contributed by atoms with E-state index in [1.807, 2.05) is 57.7 Å². The molecule has 228 valence electrons. The van der Waals surface area contributed by atoms with Crippen LogP contribution in [0.15, 0.2) is 60.9 Å². The largest absolute Gasteiger partial charge is 0.252 e. The smallest absolute Gasteiger partial charge is 0.0979 e. The van der Waals surface area contributed by atoms with E-state index in [2.05, 4.69) is 76.2 Å². The van der Waals surface area contributed by atoms with Crippen LogP contribution in [0.1, 0.15) is 86.1 Å². The number of nitrogens with zero attached hydrogens (tertiary/aromatic N) is 2. The molecule has 44 heavy (non-hydrogen) atoms. The average molecular weight is 655 g/mol. The molecule has 0 bridgehead atoms. The fourth-order valence-electron chi connectivity index (χ4n) is 6.07. The summed E-state index contributed by atoms with van der Waals surface area (Å²) in [4.78, 5) is 20.7. The standard InChI is InChI=1S/C38H42N2S4/c1-5-7-9-11-13-27-23-25(3)41-37(27)33-19-17-31(43-33)29-15-16-30(36-35(29)39-21-22-40-36)32-18-20-34(44-32)38-28(24-26(4)42-38)14-12-10-8-6-2/h15-24H,5-14H2,1-4H3. The highest BCUT2D eigenvalue weighted by molar-refractivity contribution is 7.24. The number of fused-ring (bicyclic) bond motifs is 1. The predicted molar refractivity (Wildman–Crippen MR) is 198 cm³/mol. The highest BCUT2D eigenvalue weighted by atomic mass is 32.1. The van der Waals surface area contributed by atoms with Crippen LogP contribution in [0.5, 0.6) is 0 Å². The van der Waals surface area contributed by atoms with Crippen molar-refractivity contribution >= 4 is 56.4 Å². The monoisotopic (exact) mass is 654 g/mol. The minimum atomic E-state index is 0.985. The van der Waals surface area contributed by atoms with Gasteiger partial charge in [0.25, 0.3) is 0 Å². The van der Waals surface area contributed by atoms with Gasteiger partial charge in [-0.1, -0.05) is 64.5 Å². The molecule has 6 heteroatoms. The maximum atomic E-state index is 4.89. The second-order valence-corrected chi connectivity index (χ2v) is 16.5. The van der Waals surface area contributed by atoms with E-state index in [0.29, 0.717) is 0 Å². The Kier molecular flexibility index (Phi) is 10.4. The summed E-state index contributed by atoms with van der Waals surface area (Å²) in [5, 5.41) is 0. The second kappa shape index (κ2) is 14.6. The number of benzene rings is 1. The molecule has 0 saturated carbocycles. The van der Waals surface area contributed by atoms with Gasteiger partial charge in [-0.2, -0.15) is 0 Å². The molecule has 0 saturated heterocycles. The van der Waals surface area contributed by atoms with Crippen LogP contribution in [0.4, 0.5) is 0 Å². The first-order chi connectivity index (χ1) is 21.6. The fourth-order valence-corrected chi connectivity index (χ4v) is 10.6. The van der Waals surface area contributed by atoms with Crippen molar-refractivity contribution in [3.8, 4) is 40.4 Å². The first-order valence-corrected chi connectivity index (χ1v) is 19.5. The van der Waals surface area contributed by atoms with Gasteiger partial charge in [0, 0.05) is 62.5 Å². The Bertz CT molecular complexity index is 1700. The number of rotatable bonds is 14. The summed E-state index contributed by atoms with van der Waals surface area (Å²) < 4.78 is 0. The molecule has 6 aromatic rings. The van der Waals surface area contributed by atoms with Crippen LogP contribution in [0.3, 0.4) is 0 Å². The van der Waals surface area contributed by atoms with Crippen LogP contribution in [0.25, 0.3) is 51.4 Å². The van der Waals surface area contributed by atoms with Crippen LogP contribution >= 0.6 is 45.3 Å². The van der Waals surface area contributed by atoms with Crippen molar-refractivity contribution in [2.45, 2.75) is 91.9 Å². The normalized spacial score (nSPS) is 11.6. The van der Waals surface area contributed by atoms with Gasteiger partial charge in [-0.25, -0.2) is 0 Å². The van der Waals surface area contributed by atoms with Crippen molar-refractivity contribution in [2.75, 3.05) is 0 Å². The molecule has 0 N–H and O–H groups in total. The van der Waals surface area contributed by atoms with E-state index < -0.39 is 0 Å². The summed E-state index contributed by atoms with van der Waals surface area (Å²) >= 11 is 7.65. The lowest BCUT2D eigenvalue weighted by Gasteiger charge is -2.08. The first kappa shape index (κ1) is 31.3. The fraction of sp³-hybridized carbons (Fsp3) is 0.368. The van der Waals surface area contributed by atoms with Crippen LogP contribution < -0.4 is 0 Å². The molecule has 1 aromatic carbocycles. The molecule has 0 unspecified atom stereocenters. The van der Waals surface area contributed by atoms with Crippen molar-refractivity contribution in [3.63, 3.8) is 0 Å². The van der Waals surface area contributed by atoms with E-state index in [-0.39, 0.29) is 0 Å². The van der Waals surface area contributed by atoms with Gasteiger partial charge in [0.15, 0.2) is 0 Å². The Morgan fingerprint density at radius 3 is 1.36 bits per heavy atom. The van der Waals surface area contributed by atoms with Crippen molar-refractivity contribution in [2.24, 2.45) is 0 Å². The van der Waals surface area contributed by atoms with Crippen LogP contribution in [-0.4, -0.2) is 9.97 Å². The Morgan fingerprint density at radius 1 is 0.500 bits per heavy atom. The summed E-state index contributed by atoms with van der Waals surface area (Å²) in [5.41, 5.74) is 7.33. The Hall–Kier alpha value is -2.64. The molecule has 0 aliphatic rings. The topological polar surface area (TPSA) is 25.8 Å². The lowest BCUT2D eigenvalue weighted by atomic mass is 10.0. The van der Waals surface area contributed by atoms with Crippen LogP contribution in [0, 0.1) is 13.8 Å². The maximum absolute atomic E-state index is 4.89. The molecular formula is C38H42N2S4. The molecule has 0 aliphatic heterocycles. The highest BCUT2D eigenvalue weighted by Gasteiger charge is 2.18. The highest BCUT2D eigenvalue weighted by Crippen LogP contribution is 2.45. The number of aromatic nitrogens is 2. The van der Waals surface area contributed by atoms with Crippen molar-refractivity contribution in [1.82, 2.24) is 9.97 Å². The summed E-state index contributed by atoms with van der Waals surface area (Å²) in [6.45, 7) is 9.04.